The summed E-state index contributed by atoms with van der Waals surface area (Å²) in [6, 6.07) is 10.4. The van der Waals surface area contributed by atoms with Crippen LogP contribution in [0.5, 0.6) is 11.5 Å². The minimum absolute atomic E-state index is 0.0734. The number of piperidine rings is 1. The number of rotatable bonds is 7. The Kier molecular flexibility index (Phi) is 7.21. The Morgan fingerprint density at radius 2 is 1.75 bits per heavy atom. The van der Waals surface area contributed by atoms with Crippen LogP contribution in [-0.4, -0.2) is 59.7 Å². The van der Waals surface area contributed by atoms with E-state index in [2.05, 4.69) is 24.8 Å². The van der Waals surface area contributed by atoms with Gasteiger partial charge in [-0.1, -0.05) is 23.7 Å². The van der Waals surface area contributed by atoms with E-state index in [0.717, 1.165) is 62.2 Å². The first-order chi connectivity index (χ1) is 17.3. The molecule has 0 aromatic heterocycles. The van der Waals surface area contributed by atoms with Crippen molar-refractivity contribution in [1.29, 1.82) is 0 Å². The van der Waals surface area contributed by atoms with Crippen LogP contribution in [0.3, 0.4) is 0 Å². The van der Waals surface area contributed by atoms with E-state index in [9.17, 15) is 9.90 Å². The maximum Gasteiger partial charge on any atom is 0.260 e. The SMILES string of the molecule is COc1cc(C2(O)CC3CCC(C2)N3Cc2ccc(OCC(=O)N3CCCC3)c(C)c2C)ccc1Cl. The Hall–Kier alpha value is -2.28. The average molecular weight is 513 g/mol. The van der Waals surface area contributed by atoms with Crippen LogP contribution >= 0.6 is 11.6 Å². The van der Waals surface area contributed by atoms with Gasteiger partial charge < -0.3 is 19.5 Å². The van der Waals surface area contributed by atoms with Gasteiger partial charge in [0.1, 0.15) is 11.5 Å². The predicted octanol–water partition coefficient (Wildman–Crippen LogP) is 4.98. The van der Waals surface area contributed by atoms with Crippen molar-refractivity contribution in [3.8, 4) is 11.5 Å². The summed E-state index contributed by atoms with van der Waals surface area (Å²) in [4.78, 5) is 16.9. The van der Waals surface area contributed by atoms with Gasteiger partial charge in [0.05, 0.1) is 17.7 Å². The van der Waals surface area contributed by atoms with Gasteiger partial charge >= 0.3 is 0 Å². The molecule has 0 saturated carbocycles. The minimum Gasteiger partial charge on any atom is -0.495 e. The van der Waals surface area contributed by atoms with Crippen molar-refractivity contribution in [3.63, 3.8) is 0 Å². The molecule has 0 radical (unpaired) electrons. The molecule has 2 unspecified atom stereocenters. The Balaban J connectivity index is 1.26. The van der Waals surface area contributed by atoms with Gasteiger partial charge in [-0.15, -0.1) is 0 Å². The molecule has 0 aliphatic carbocycles. The number of benzene rings is 2. The molecule has 3 aliphatic heterocycles. The lowest BCUT2D eigenvalue weighted by Crippen LogP contribution is -2.49. The predicted molar refractivity (Wildman–Crippen MR) is 141 cm³/mol. The lowest BCUT2D eigenvalue weighted by Gasteiger charge is -2.44. The topological polar surface area (TPSA) is 62.2 Å². The molecule has 7 heteroatoms. The van der Waals surface area contributed by atoms with E-state index in [1.54, 1.807) is 7.11 Å². The van der Waals surface area contributed by atoms with Crippen LogP contribution in [0.4, 0.5) is 0 Å². The van der Waals surface area contributed by atoms with Gasteiger partial charge in [-0.3, -0.25) is 9.69 Å². The molecule has 1 amide bonds. The first kappa shape index (κ1) is 25.4. The van der Waals surface area contributed by atoms with Crippen LogP contribution in [0.1, 0.15) is 60.8 Å². The zero-order valence-corrected chi connectivity index (χ0v) is 22.3. The largest absolute Gasteiger partial charge is 0.495 e. The maximum absolute atomic E-state index is 12.4. The highest BCUT2D eigenvalue weighted by Crippen LogP contribution is 2.47. The maximum atomic E-state index is 12.4. The molecule has 6 nitrogen and oxygen atoms in total. The third kappa shape index (κ3) is 4.83. The monoisotopic (exact) mass is 512 g/mol. The molecule has 3 fully saturated rings. The summed E-state index contributed by atoms with van der Waals surface area (Å²) >= 11 is 6.22. The molecule has 2 atom stereocenters. The van der Waals surface area contributed by atoms with E-state index in [4.69, 9.17) is 21.1 Å². The molecule has 1 N–H and O–H groups in total. The van der Waals surface area contributed by atoms with Crippen LogP contribution in [0.25, 0.3) is 0 Å². The molecular formula is C29H37ClN2O4. The van der Waals surface area contributed by atoms with Gasteiger partial charge in [0.25, 0.3) is 5.91 Å². The van der Waals surface area contributed by atoms with Crippen molar-refractivity contribution in [2.24, 2.45) is 0 Å². The van der Waals surface area contributed by atoms with E-state index in [-0.39, 0.29) is 12.5 Å². The summed E-state index contributed by atoms with van der Waals surface area (Å²) in [5.74, 6) is 1.47. The zero-order chi connectivity index (χ0) is 25.4. The highest BCUT2D eigenvalue weighted by atomic mass is 35.5. The molecule has 2 bridgehead atoms. The number of aliphatic hydroxyl groups is 1. The Morgan fingerprint density at radius 3 is 2.42 bits per heavy atom. The van der Waals surface area contributed by atoms with Gasteiger partial charge in [-0.05, 0) is 92.8 Å². The zero-order valence-electron chi connectivity index (χ0n) is 21.6. The summed E-state index contributed by atoms with van der Waals surface area (Å²) in [5.41, 5.74) is 3.60. The normalized spacial score (nSPS) is 25.9. The van der Waals surface area contributed by atoms with Gasteiger partial charge in [0.15, 0.2) is 6.61 Å². The number of carbonyl (C=O) groups is 1. The number of hydrogen-bond acceptors (Lipinski definition) is 5. The second-order valence-corrected chi connectivity index (χ2v) is 11.1. The van der Waals surface area contributed by atoms with Crippen LogP contribution in [-0.2, 0) is 16.9 Å². The molecule has 0 spiro atoms. The lowest BCUT2D eigenvalue weighted by molar-refractivity contribution is -0.132. The minimum atomic E-state index is -0.870. The third-order valence-corrected chi connectivity index (χ3v) is 8.93. The van der Waals surface area contributed by atoms with Crippen molar-refractivity contribution in [3.05, 3.63) is 57.6 Å². The molecule has 2 aromatic rings. The second-order valence-electron chi connectivity index (χ2n) is 10.7. The van der Waals surface area contributed by atoms with Gasteiger partial charge in [-0.25, -0.2) is 0 Å². The van der Waals surface area contributed by atoms with E-state index in [1.165, 1.54) is 11.1 Å². The number of nitrogens with zero attached hydrogens (tertiary/aromatic N) is 2. The first-order valence-corrected chi connectivity index (χ1v) is 13.5. The van der Waals surface area contributed by atoms with Crippen molar-refractivity contribution in [2.45, 2.75) is 76.6 Å². The number of halogens is 1. The quantitative estimate of drug-likeness (QED) is 0.567. The molecule has 3 heterocycles. The number of hydrogen-bond donors (Lipinski definition) is 1. The van der Waals surface area contributed by atoms with Gasteiger partial charge in [0.2, 0.25) is 0 Å². The molecule has 5 rings (SSSR count). The fourth-order valence-corrected chi connectivity index (χ4v) is 6.53. The van der Waals surface area contributed by atoms with Crippen LogP contribution in [0, 0.1) is 13.8 Å². The number of carbonyl (C=O) groups excluding carboxylic acids is 1. The smallest absolute Gasteiger partial charge is 0.260 e. The first-order valence-electron chi connectivity index (χ1n) is 13.1. The number of likely N-dealkylation sites (tertiary alicyclic amines) is 1. The van der Waals surface area contributed by atoms with Gasteiger partial charge in [-0.2, -0.15) is 0 Å². The lowest BCUT2D eigenvalue weighted by atomic mass is 9.80. The molecule has 3 saturated heterocycles. The molecule has 3 aliphatic rings. The van der Waals surface area contributed by atoms with E-state index >= 15 is 0 Å². The standard InChI is InChI=1S/C29H37ClN2O4/c1-19-20(2)26(36-18-28(33)31-12-4-5-13-31)11-6-21(19)17-32-23-8-9-24(32)16-29(34,15-23)22-7-10-25(30)27(14-22)35-3/h6-7,10-11,14,23-24,34H,4-5,8-9,12-13,15-18H2,1-3H3. The Labute approximate surface area is 219 Å². The number of amides is 1. The van der Waals surface area contributed by atoms with Crippen molar-refractivity contribution >= 4 is 17.5 Å². The van der Waals surface area contributed by atoms with Crippen LogP contribution in [0.2, 0.25) is 5.02 Å². The summed E-state index contributed by atoms with van der Waals surface area (Å²) in [6.45, 7) is 6.86. The summed E-state index contributed by atoms with van der Waals surface area (Å²) in [7, 11) is 1.60. The van der Waals surface area contributed by atoms with Crippen LogP contribution < -0.4 is 9.47 Å². The van der Waals surface area contributed by atoms with Gasteiger partial charge in [0, 0.05) is 31.7 Å². The van der Waals surface area contributed by atoms with Crippen LogP contribution in [0.15, 0.2) is 30.3 Å². The average Bonchev–Trinajstić information content (AvgIpc) is 3.49. The van der Waals surface area contributed by atoms with E-state index in [0.29, 0.717) is 35.7 Å². The van der Waals surface area contributed by atoms with Crippen molar-refractivity contribution in [2.75, 3.05) is 26.8 Å². The summed E-state index contributed by atoms with van der Waals surface area (Å²) in [6.07, 6.45) is 5.76. The fraction of sp³-hybridized carbons (Fsp3) is 0.552. The number of fused-ring (bicyclic) bond motifs is 2. The van der Waals surface area contributed by atoms with Crippen molar-refractivity contribution < 1.29 is 19.4 Å². The summed E-state index contributed by atoms with van der Waals surface area (Å²) < 4.78 is 11.3. The molecule has 194 valence electrons. The highest BCUT2D eigenvalue weighted by molar-refractivity contribution is 6.32. The van der Waals surface area contributed by atoms with E-state index < -0.39 is 5.60 Å². The number of methoxy groups -OCH3 is 1. The Morgan fingerprint density at radius 1 is 1.06 bits per heavy atom. The number of ether oxygens (including phenoxy) is 2. The Bertz CT molecular complexity index is 1120. The molecule has 36 heavy (non-hydrogen) atoms. The van der Waals surface area contributed by atoms with Crippen molar-refractivity contribution in [1.82, 2.24) is 9.80 Å². The molecule has 2 aromatic carbocycles. The highest BCUT2D eigenvalue weighted by Gasteiger charge is 2.48. The molecular weight excluding hydrogens is 476 g/mol. The third-order valence-electron chi connectivity index (χ3n) is 8.62. The van der Waals surface area contributed by atoms with E-state index in [1.807, 2.05) is 29.2 Å². The second kappa shape index (κ2) is 10.2. The summed E-state index contributed by atoms with van der Waals surface area (Å²) in [5, 5.41) is 12.2. The fourth-order valence-electron chi connectivity index (χ4n) is 6.33.